The topological polar surface area (TPSA) is 41.5 Å². The molecular weight excluding hydrogens is 212 g/mol. The van der Waals surface area contributed by atoms with E-state index in [0.29, 0.717) is 5.69 Å². The van der Waals surface area contributed by atoms with Gasteiger partial charge in [-0.25, -0.2) is 0 Å². The molecule has 2 aromatic carbocycles. The van der Waals surface area contributed by atoms with Crippen molar-refractivity contribution in [2.45, 2.75) is 13.8 Å². The van der Waals surface area contributed by atoms with Gasteiger partial charge in [0.2, 0.25) is 0 Å². The number of hydrogen-bond acceptors (Lipinski definition) is 3. The van der Waals surface area contributed by atoms with Crippen LogP contribution in [0.2, 0.25) is 0 Å². The van der Waals surface area contributed by atoms with Crippen LogP contribution in [0.4, 0.5) is 17.1 Å². The van der Waals surface area contributed by atoms with Gasteiger partial charge < -0.3 is 5.32 Å². The molecule has 0 aliphatic rings. The van der Waals surface area contributed by atoms with Crippen LogP contribution in [0.1, 0.15) is 13.8 Å². The summed E-state index contributed by atoms with van der Waals surface area (Å²) in [5.41, 5.74) is 2.39. The second kappa shape index (κ2) is 7.17. The van der Waals surface area contributed by atoms with Gasteiger partial charge in [0.25, 0.3) is 0 Å². The Bertz CT molecular complexity index is 438. The van der Waals surface area contributed by atoms with Gasteiger partial charge in [0.1, 0.15) is 5.69 Å². The fraction of sp³-hybridized carbons (Fsp3) is 0.143. The third-order valence-corrected chi connectivity index (χ3v) is 2.04. The first kappa shape index (κ1) is 12.9. The van der Waals surface area contributed by atoms with E-state index in [1.165, 1.54) is 0 Å². The van der Waals surface area contributed by atoms with Crippen molar-refractivity contribution < 1.29 is 0 Å². The first-order chi connectivity index (χ1) is 8.38. The van der Waals surface area contributed by atoms with Crippen molar-refractivity contribution in [3.05, 3.63) is 59.5 Å². The highest BCUT2D eigenvalue weighted by atomic mass is 16.3. The molecule has 0 unspecified atom stereocenters. The highest BCUT2D eigenvalue weighted by Gasteiger charge is 1.94. The van der Waals surface area contributed by atoms with E-state index in [-0.39, 0.29) is 0 Å². The van der Waals surface area contributed by atoms with Crippen molar-refractivity contribution in [1.29, 1.82) is 0 Å². The van der Waals surface area contributed by atoms with E-state index >= 15 is 0 Å². The Kier molecular flexibility index (Phi) is 5.44. The maximum atomic E-state index is 10.2. The van der Waals surface area contributed by atoms with Crippen LogP contribution in [0, 0.1) is 4.91 Å². The fourth-order valence-corrected chi connectivity index (χ4v) is 1.29. The molecule has 0 atom stereocenters. The van der Waals surface area contributed by atoms with Crippen molar-refractivity contribution >= 4 is 17.1 Å². The second-order valence-electron chi connectivity index (χ2n) is 3.13. The quantitative estimate of drug-likeness (QED) is 0.762. The normalized spacial score (nSPS) is 8.82. The maximum absolute atomic E-state index is 10.2. The molecule has 3 nitrogen and oxygen atoms in total. The van der Waals surface area contributed by atoms with E-state index in [1.807, 2.05) is 56.3 Å². The Hall–Kier alpha value is -2.16. The number of rotatable bonds is 3. The number of anilines is 2. The van der Waals surface area contributed by atoms with Crippen LogP contribution in [-0.4, -0.2) is 0 Å². The lowest BCUT2D eigenvalue weighted by Gasteiger charge is -2.05. The summed E-state index contributed by atoms with van der Waals surface area (Å²) in [4.78, 5) is 10.2. The molecule has 0 fully saturated rings. The van der Waals surface area contributed by atoms with Gasteiger partial charge >= 0.3 is 0 Å². The van der Waals surface area contributed by atoms with E-state index < -0.39 is 0 Å². The number of nitroso groups, excluding NO2 is 1. The third kappa shape index (κ3) is 4.07. The smallest absolute Gasteiger partial charge is 0.108 e. The number of nitrogens with one attached hydrogen (secondary N) is 1. The monoisotopic (exact) mass is 228 g/mol. The van der Waals surface area contributed by atoms with E-state index in [1.54, 1.807) is 12.1 Å². The Morgan fingerprint density at radius 3 is 1.88 bits per heavy atom. The molecule has 2 aromatic rings. The Balaban J connectivity index is 0.000000686. The van der Waals surface area contributed by atoms with Crippen LogP contribution in [0.25, 0.3) is 0 Å². The number of para-hydroxylation sites is 1. The lowest BCUT2D eigenvalue weighted by atomic mass is 10.2. The van der Waals surface area contributed by atoms with Gasteiger partial charge in [-0.3, -0.25) is 0 Å². The zero-order valence-corrected chi connectivity index (χ0v) is 10.1. The summed E-state index contributed by atoms with van der Waals surface area (Å²) in [7, 11) is 0. The SMILES string of the molecule is CC.O=Nc1ccc(Nc2ccccc2)cc1. The van der Waals surface area contributed by atoms with Gasteiger partial charge in [-0.05, 0) is 41.6 Å². The minimum Gasteiger partial charge on any atom is -0.356 e. The minimum absolute atomic E-state index is 0.439. The molecule has 0 bridgehead atoms. The van der Waals surface area contributed by atoms with Gasteiger partial charge in [0.15, 0.2) is 0 Å². The van der Waals surface area contributed by atoms with Crippen molar-refractivity contribution in [2.75, 3.05) is 5.32 Å². The Labute approximate surface area is 101 Å². The molecule has 0 heterocycles. The minimum atomic E-state index is 0.439. The Morgan fingerprint density at radius 2 is 1.35 bits per heavy atom. The molecule has 0 aliphatic heterocycles. The van der Waals surface area contributed by atoms with Gasteiger partial charge in [0, 0.05) is 11.4 Å². The summed E-state index contributed by atoms with van der Waals surface area (Å²) in [6, 6.07) is 16.8. The molecule has 88 valence electrons. The average molecular weight is 228 g/mol. The highest BCUT2D eigenvalue weighted by molar-refractivity contribution is 5.61. The van der Waals surface area contributed by atoms with Crippen LogP contribution in [-0.2, 0) is 0 Å². The number of hydrogen-bond donors (Lipinski definition) is 1. The van der Waals surface area contributed by atoms with E-state index in [4.69, 9.17) is 0 Å². The standard InChI is InChI=1S/C12H10N2O.C2H6/c15-14-12-8-6-11(7-9-12)13-10-4-2-1-3-5-10;1-2/h1-9,13H;1-2H3. The molecule has 0 spiro atoms. The predicted octanol–water partition coefficient (Wildman–Crippen LogP) is 4.85. The molecule has 1 N–H and O–H groups in total. The second-order valence-corrected chi connectivity index (χ2v) is 3.13. The van der Waals surface area contributed by atoms with E-state index in [2.05, 4.69) is 10.5 Å². The molecule has 0 amide bonds. The van der Waals surface area contributed by atoms with Gasteiger partial charge in [0.05, 0.1) is 0 Å². The highest BCUT2D eigenvalue weighted by Crippen LogP contribution is 2.19. The lowest BCUT2D eigenvalue weighted by molar-refractivity contribution is 1.48. The van der Waals surface area contributed by atoms with Gasteiger partial charge in [-0.15, -0.1) is 4.91 Å². The van der Waals surface area contributed by atoms with Crippen LogP contribution >= 0.6 is 0 Å². The van der Waals surface area contributed by atoms with Crippen molar-refractivity contribution in [3.63, 3.8) is 0 Å². The first-order valence-electron chi connectivity index (χ1n) is 5.64. The van der Waals surface area contributed by atoms with Crippen LogP contribution < -0.4 is 5.32 Å². The molecule has 0 saturated heterocycles. The molecule has 0 aliphatic carbocycles. The van der Waals surface area contributed by atoms with Crippen molar-refractivity contribution in [2.24, 2.45) is 5.18 Å². The molecule has 0 radical (unpaired) electrons. The maximum Gasteiger partial charge on any atom is 0.108 e. The van der Waals surface area contributed by atoms with Crippen LogP contribution in [0.5, 0.6) is 0 Å². The van der Waals surface area contributed by atoms with Crippen LogP contribution in [0.3, 0.4) is 0 Å². The van der Waals surface area contributed by atoms with Gasteiger partial charge in [-0.2, -0.15) is 0 Å². The van der Waals surface area contributed by atoms with E-state index in [9.17, 15) is 4.91 Å². The summed E-state index contributed by atoms with van der Waals surface area (Å²) in [6.07, 6.45) is 0. The van der Waals surface area contributed by atoms with Crippen molar-refractivity contribution in [1.82, 2.24) is 0 Å². The van der Waals surface area contributed by atoms with E-state index in [0.717, 1.165) is 11.4 Å². The average Bonchev–Trinajstić information content (AvgIpc) is 2.43. The van der Waals surface area contributed by atoms with Crippen LogP contribution in [0.15, 0.2) is 59.8 Å². The third-order valence-electron chi connectivity index (χ3n) is 2.04. The lowest BCUT2D eigenvalue weighted by Crippen LogP contribution is -1.88. The first-order valence-corrected chi connectivity index (χ1v) is 5.64. The molecular formula is C14H16N2O. The largest absolute Gasteiger partial charge is 0.356 e. The summed E-state index contributed by atoms with van der Waals surface area (Å²) in [6.45, 7) is 4.00. The molecule has 0 saturated carbocycles. The zero-order chi connectivity index (χ0) is 12.5. The fourth-order valence-electron chi connectivity index (χ4n) is 1.29. The summed E-state index contributed by atoms with van der Waals surface area (Å²) in [5.74, 6) is 0. The van der Waals surface area contributed by atoms with Gasteiger partial charge in [-0.1, -0.05) is 32.0 Å². The summed E-state index contributed by atoms with van der Waals surface area (Å²) < 4.78 is 0. The molecule has 17 heavy (non-hydrogen) atoms. The zero-order valence-electron chi connectivity index (χ0n) is 10.1. The number of nitrogens with zero attached hydrogens (tertiary/aromatic N) is 1. The molecule has 2 rings (SSSR count). The predicted molar refractivity (Wildman–Crippen MR) is 73.0 cm³/mol. The summed E-state index contributed by atoms with van der Waals surface area (Å²) >= 11 is 0. The molecule has 0 aromatic heterocycles. The number of benzene rings is 2. The molecule has 3 heteroatoms. The van der Waals surface area contributed by atoms with Crippen molar-refractivity contribution in [3.8, 4) is 0 Å². The summed E-state index contributed by atoms with van der Waals surface area (Å²) in [5, 5.41) is 6.05. The Morgan fingerprint density at radius 1 is 0.824 bits per heavy atom.